The van der Waals surface area contributed by atoms with Gasteiger partial charge in [0.2, 0.25) is 0 Å². The third-order valence-corrected chi connectivity index (χ3v) is 6.89. The molecule has 1 fully saturated rings. The zero-order valence-electron chi connectivity index (χ0n) is 21.0. The van der Waals surface area contributed by atoms with Crippen LogP contribution in [0.3, 0.4) is 0 Å². The Labute approximate surface area is 200 Å². The molecule has 1 heterocycles. The maximum Gasteiger partial charge on any atom is 0.259 e. The van der Waals surface area contributed by atoms with Crippen molar-refractivity contribution in [2.45, 2.75) is 76.9 Å². The number of benzene rings is 2. The fourth-order valence-corrected chi connectivity index (χ4v) is 4.50. The van der Waals surface area contributed by atoms with Gasteiger partial charge in [-0.15, -0.1) is 0 Å². The lowest BCUT2D eigenvalue weighted by Crippen LogP contribution is -2.30. The van der Waals surface area contributed by atoms with Gasteiger partial charge >= 0.3 is 0 Å². The van der Waals surface area contributed by atoms with Crippen molar-refractivity contribution in [3.8, 4) is 0 Å². The monoisotopic (exact) mass is 452 g/mol. The van der Waals surface area contributed by atoms with Crippen molar-refractivity contribution in [3.63, 3.8) is 0 Å². The van der Waals surface area contributed by atoms with E-state index in [9.17, 15) is 0 Å². The molecule has 0 spiro atoms. The van der Waals surface area contributed by atoms with Crippen LogP contribution in [0.4, 0.5) is 0 Å². The summed E-state index contributed by atoms with van der Waals surface area (Å²) >= 11 is 5.38. The lowest BCUT2D eigenvalue weighted by molar-refractivity contribution is 0.183. The predicted molar refractivity (Wildman–Crippen MR) is 140 cm³/mol. The minimum Gasteiger partial charge on any atom is -0.466 e. The molecule has 1 aliphatic rings. The molecule has 0 aliphatic carbocycles. The smallest absolute Gasteiger partial charge is 0.259 e. The third-order valence-electron chi connectivity index (χ3n) is 6.43. The standard InChI is InChI=1S/C28H40N2OS/c1-27(2,3)21-13-9-19(10-14-21)25(20-11-15-22(16-12-20)28(4,5)6)24-17-23(18-29-24)31-26(32)30(7)8/h9-16,23-25,29H,17-18H2,1-8H3/t23-,24-/m1/s1. The Hall–Kier alpha value is -1.91. The summed E-state index contributed by atoms with van der Waals surface area (Å²) in [6, 6.07) is 18.7. The second-order valence-corrected chi connectivity index (χ2v) is 11.7. The number of rotatable bonds is 4. The Balaban J connectivity index is 1.91. The Bertz CT molecular complexity index is 847. The molecule has 1 aliphatic heterocycles. The van der Waals surface area contributed by atoms with Gasteiger partial charge < -0.3 is 15.0 Å². The molecule has 0 amide bonds. The highest BCUT2D eigenvalue weighted by atomic mass is 32.1. The zero-order valence-corrected chi connectivity index (χ0v) is 21.8. The first kappa shape index (κ1) is 24.7. The normalized spacial score (nSPS) is 19.3. The summed E-state index contributed by atoms with van der Waals surface area (Å²) in [5.41, 5.74) is 5.70. The van der Waals surface area contributed by atoms with Crippen molar-refractivity contribution in [2.24, 2.45) is 0 Å². The highest BCUT2D eigenvalue weighted by Gasteiger charge is 2.34. The van der Waals surface area contributed by atoms with E-state index in [-0.39, 0.29) is 22.9 Å². The van der Waals surface area contributed by atoms with Crippen molar-refractivity contribution >= 4 is 17.4 Å². The molecular formula is C28H40N2OS. The van der Waals surface area contributed by atoms with Crippen LogP contribution < -0.4 is 5.32 Å². The number of hydrogen-bond acceptors (Lipinski definition) is 3. The Kier molecular flexibility index (Phi) is 7.36. The SMILES string of the molecule is CN(C)C(=S)O[C@H]1CN[C@@H](C(c2ccc(C(C)(C)C)cc2)c2ccc(C(C)(C)C)cc2)C1. The highest BCUT2D eigenvalue weighted by Crippen LogP contribution is 2.35. The quantitative estimate of drug-likeness (QED) is 0.575. The molecule has 4 heteroatoms. The minimum atomic E-state index is 0.0973. The highest BCUT2D eigenvalue weighted by molar-refractivity contribution is 7.80. The second-order valence-electron chi connectivity index (χ2n) is 11.4. The molecular weight excluding hydrogens is 412 g/mol. The van der Waals surface area contributed by atoms with Crippen LogP contribution in [-0.4, -0.2) is 42.9 Å². The van der Waals surface area contributed by atoms with Crippen LogP contribution in [0.5, 0.6) is 0 Å². The Morgan fingerprint density at radius 2 is 1.31 bits per heavy atom. The largest absolute Gasteiger partial charge is 0.466 e. The average molecular weight is 453 g/mol. The van der Waals surface area contributed by atoms with E-state index in [1.54, 1.807) is 0 Å². The van der Waals surface area contributed by atoms with E-state index < -0.39 is 0 Å². The molecule has 0 radical (unpaired) electrons. The first-order valence-corrected chi connectivity index (χ1v) is 12.1. The van der Waals surface area contributed by atoms with Gasteiger partial charge in [0, 0.05) is 39.0 Å². The van der Waals surface area contributed by atoms with E-state index in [4.69, 9.17) is 17.0 Å². The summed E-state index contributed by atoms with van der Waals surface area (Å²) in [5, 5.41) is 4.29. The van der Waals surface area contributed by atoms with Crippen LogP contribution in [0.15, 0.2) is 48.5 Å². The van der Waals surface area contributed by atoms with Gasteiger partial charge in [0.25, 0.3) is 5.17 Å². The van der Waals surface area contributed by atoms with Gasteiger partial charge in [0.1, 0.15) is 6.10 Å². The molecule has 2 aromatic rings. The number of ether oxygens (including phenoxy) is 1. The molecule has 174 valence electrons. The molecule has 0 saturated carbocycles. The topological polar surface area (TPSA) is 24.5 Å². The third kappa shape index (κ3) is 5.90. The van der Waals surface area contributed by atoms with Crippen LogP contribution in [0.1, 0.15) is 76.1 Å². The summed E-state index contributed by atoms with van der Waals surface area (Å²) in [5.74, 6) is 0.263. The summed E-state index contributed by atoms with van der Waals surface area (Å²) in [6.45, 7) is 14.4. The molecule has 3 rings (SSSR count). The van der Waals surface area contributed by atoms with Gasteiger partial charge in [0.15, 0.2) is 0 Å². The van der Waals surface area contributed by atoms with E-state index in [1.165, 1.54) is 22.3 Å². The van der Waals surface area contributed by atoms with Gasteiger partial charge in [-0.3, -0.25) is 0 Å². The van der Waals surface area contributed by atoms with Crippen molar-refractivity contribution in [1.29, 1.82) is 0 Å². The van der Waals surface area contributed by atoms with Crippen molar-refractivity contribution in [3.05, 3.63) is 70.8 Å². The minimum absolute atomic E-state index is 0.0973. The summed E-state index contributed by atoms with van der Waals surface area (Å²) in [6.07, 6.45) is 1.03. The van der Waals surface area contributed by atoms with Gasteiger partial charge in [-0.2, -0.15) is 0 Å². The first-order chi connectivity index (χ1) is 14.9. The summed E-state index contributed by atoms with van der Waals surface area (Å²) in [4.78, 5) is 1.86. The fraction of sp³-hybridized carbons (Fsp3) is 0.536. The zero-order chi connectivity index (χ0) is 23.7. The maximum absolute atomic E-state index is 6.05. The van der Waals surface area contributed by atoms with Crippen LogP contribution in [0.2, 0.25) is 0 Å². The van der Waals surface area contributed by atoms with Crippen molar-refractivity contribution in [1.82, 2.24) is 10.2 Å². The Morgan fingerprint density at radius 3 is 1.69 bits per heavy atom. The average Bonchev–Trinajstić information content (AvgIpc) is 3.15. The molecule has 2 atom stereocenters. The van der Waals surface area contributed by atoms with Gasteiger partial charge in [-0.1, -0.05) is 90.1 Å². The number of hydrogen-bond donors (Lipinski definition) is 1. The fourth-order valence-electron chi connectivity index (χ4n) is 4.36. The summed E-state index contributed by atoms with van der Waals surface area (Å²) in [7, 11) is 3.86. The van der Waals surface area contributed by atoms with Gasteiger partial charge in [0.05, 0.1) is 0 Å². The molecule has 1 saturated heterocycles. The molecule has 0 aromatic heterocycles. The van der Waals surface area contributed by atoms with Crippen LogP contribution in [0.25, 0.3) is 0 Å². The van der Waals surface area contributed by atoms with Crippen molar-refractivity contribution in [2.75, 3.05) is 20.6 Å². The van der Waals surface area contributed by atoms with E-state index in [2.05, 4.69) is 95.4 Å². The van der Waals surface area contributed by atoms with Crippen molar-refractivity contribution < 1.29 is 4.74 Å². The van der Waals surface area contributed by atoms with E-state index in [1.807, 2.05) is 19.0 Å². The lowest BCUT2D eigenvalue weighted by atomic mass is 9.80. The van der Waals surface area contributed by atoms with Gasteiger partial charge in [-0.25, -0.2) is 0 Å². The molecule has 0 unspecified atom stereocenters. The van der Waals surface area contributed by atoms with E-state index in [0.29, 0.717) is 11.2 Å². The predicted octanol–water partition coefficient (Wildman–Crippen LogP) is 6.01. The number of nitrogens with zero attached hydrogens (tertiary/aromatic N) is 1. The lowest BCUT2D eigenvalue weighted by Gasteiger charge is -2.27. The number of nitrogens with one attached hydrogen (secondary N) is 1. The Morgan fingerprint density at radius 1 is 0.875 bits per heavy atom. The van der Waals surface area contributed by atoms with Crippen LogP contribution >= 0.6 is 12.2 Å². The van der Waals surface area contributed by atoms with Crippen LogP contribution in [-0.2, 0) is 15.6 Å². The maximum atomic E-state index is 6.05. The van der Waals surface area contributed by atoms with Crippen LogP contribution in [0, 0.1) is 0 Å². The summed E-state index contributed by atoms with van der Waals surface area (Å²) < 4.78 is 6.05. The van der Waals surface area contributed by atoms with E-state index in [0.717, 1.165) is 13.0 Å². The number of thiocarbonyl (C=S) groups is 1. The molecule has 3 nitrogen and oxygen atoms in total. The molecule has 32 heavy (non-hydrogen) atoms. The first-order valence-electron chi connectivity index (χ1n) is 11.7. The molecule has 1 N–H and O–H groups in total. The van der Waals surface area contributed by atoms with Gasteiger partial charge in [-0.05, 0) is 45.3 Å². The second kappa shape index (κ2) is 9.52. The van der Waals surface area contributed by atoms with E-state index >= 15 is 0 Å². The molecule has 2 aromatic carbocycles. The molecule has 0 bridgehead atoms.